The fourth-order valence-electron chi connectivity index (χ4n) is 4.57. The van der Waals surface area contributed by atoms with E-state index in [2.05, 4.69) is 35.7 Å². The molecule has 2 aliphatic rings. The Kier molecular flexibility index (Phi) is 6.38. The molecule has 1 aliphatic carbocycles. The van der Waals surface area contributed by atoms with E-state index in [9.17, 15) is 9.59 Å². The largest absolute Gasteiger partial charge is 0.493 e. The number of aromatic amines is 1. The average molecular weight is 468 g/mol. The number of anilines is 1. The monoisotopic (exact) mass is 467 g/mol. The lowest BCUT2D eigenvalue weighted by Crippen LogP contribution is -2.37. The molecule has 2 heterocycles. The summed E-state index contributed by atoms with van der Waals surface area (Å²) in [5.74, 6) is 1.79. The van der Waals surface area contributed by atoms with Crippen molar-refractivity contribution < 1.29 is 14.3 Å². The highest BCUT2D eigenvalue weighted by atomic mass is 32.2. The number of fused-ring (bicyclic) bond motifs is 1. The molecule has 33 heavy (non-hydrogen) atoms. The predicted molar refractivity (Wildman–Crippen MR) is 130 cm³/mol. The number of rotatable bonds is 7. The number of hydrogen-bond donors (Lipinski definition) is 2. The molecule has 1 aromatic carbocycles. The third-order valence-electron chi connectivity index (χ3n) is 5.86. The first-order valence-corrected chi connectivity index (χ1v) is 12.0. The molecule has 7 nitrogen and oxygen atoms in total. The first kappa shape index (κ1) is 23.2. The summed E-state index contributed by atoms with van der Waals surface area (Å²) in [4.78, 5) is 34.2. The number of ether oxygens (including phenoxy) is 2. The second-order valence-electron chi connectivity index (χ2n) is 8.97. The van der Waals surface area contributed by atoms with Crippen molar-refractivity contribution in [2.75, 3.05) is 24.8 Å². The number of ketones is 1. The molecule has 0 fully saturated rings. The van der Waals surface area contributed by atoms with E-state index in [1.807, 2.05) is 25.1 Å². The van der Waals surface area contributed by atoms with Crippen LogP contribution in [0.3, 0.4) is 0 Å². The Bertz CT molecular complexity index is 1200. The first-order chi connectivity index (χ1) is 15.8. The van der Waals surface area contributed by atoms with E-state index in [1.165, 1.54) is 11.8 Å². The van der Waals surface area contributed by atoms with Crippen molar-refractivity contribution >= 4 is 23.4 Å². The second kappa shape index (κ2) is 9.09. The Morgan fingerprint density at radius 2 is 2.06 bits per heavy atom. The normalized spacial score (nSPS) is 18.8. The van der Waals surface area contributed by atoms with Crippen molar-refractivity contribution in [2.45, 2.75) is 44.7 Å². The van der Waals surface area contributed by atoms with Crippen LogP contribution in [-0.4, -0.2) is 35.2 Å². The molecule has 2 N–H and O–H groups in total. The molecule has 8 heteroatoms. The SMILES string of the molecule is C=CCSc1nc2c(c(=O)[nH]1)C(c1ccc(OCC)c(OC)c1)C1=C(CC(C)(C)CC1=O)N2. The summed E-state index contributed by atoms with van der Waals surface area (Å²) < 4.78 is 11.2. The van der Waals surface area contributed by atoms with Crippen LogP contribution in [0.5, 0.6) is 11.5 Å². The number of nitrogens with zero attached hydrogens (tertiary/aromatic N) is 1. The van der Waals surface area contributed by atoms with Crippen LogP contribution in [0.1, 0.15) is 50.7 Å². The number of thioether (sulfide) groups is 1. The molecule has 1 unspecified atom stereocenters. The maximum atomic E-state index is 13.4. The molecule has 0 spiro atoms. The van der Waals surface area contributed by atoms with Crippen molar-refractivity contribution in [2.24, 2.45) is 5.41 Å². The summed E-state index contributed by atoms with van der Waals surface area (Å²) in [5, 5.41) is 3.85. The molecule has 0 bridgehead atoms. The van der Waals surface area contributed by atoms with Gasteiger partial charge in [-0.15, -0.1) is 6.58 Å². The van der Waals surface area contributed by atoms with Gasteiger partial charge in [0.15, 0.2) is 22.4 Å². The van der Waals surface area contributed by atoms with Crippen LogP contribution in [0.25, 0.3) is 0 Å². The second-order valence-corrected chi connectivity index (χ2v) is 9.98. The Balaban J connectivity index is 1.92. The number of allylic oxidation sites excluding steroid dienone is 2. The minimum Gasteiger partial charge on any atom is -0.493 e. The summed E-state index contributed by atoms with van der Waals surface area (Å²) in [7, 11) is 1.58. The van der Waals surface area contributed by atoms with E-state index < -0.39 is 5.92 Å². The van der Waals surface area contributed by atoms with Gasteiger partial charge in [-0.3, -0.25) is 9.59 Å². The number of carbonyl (C=O) groups excluding carboxylic acids is 1. The highest BCUT2D eigenvalue weighted by Gasteiger charge is 2.42. The maximum Gasteiger partial charge on any atom is 0.257 e. The van der Waals surface area contributed by atoms with Crippen LogP contribution in [0, 0.1) is 5.41 Å². The van der Waals surface area contributed by atoms with E-state index in [4.69, 9.17) is 9.47 Å². The Labute approximate surface area is 197 Å². The van der Waals surface area contributed by atoms with E-state index in [0.717, 1.165) is 11.3 Å². The Morgan fingerprint density at radius 3 is 2.76 bits per heavy atom. The Morgan fingerprint density at radius 1 is 1.27 bits per heavy atom. The number of H-pyrrole nitrogens is 1. The summed E-state index contributed by atoms with van der Waals surface area (Å²) in [6, 6.07) is 5.57. The lowest BCUT2D eigenvalue weighted by Gasteiger charge is -2.38. The summed E-state index contributed by atoms with van der Waals surface area (Å²) in [5.41, 5.74) is 2.25. The summed E-state index contributed by atoms with van der Waals surface area (Å²) >= 11 is 1.40. The Hall–Kier alpha value is -3.00. The van der Waals surface area contributed by atoms with Gasteiger partial charge in [-0.25, -0.2) is 4.98 Å². The van der Waals surface area contributed by atoms with Gasteiger partial charge >= 0.3 is 0 Å². The fourth-order valence-corrected chi connectivity index (χ4v) is 5.17. The molecule has 0 radical (unpaired) electrons. The van der Waals surface area contributed by atoms with E-state index in [0.29, 0.717) is 58.8 Å². The highest BCUT2D eigenvalue weighted by Crippen LogP contribution is 2.48. The standard InChI is InChI=1S/C25H29N3O4S/c1-6-10-33-24-27-22-21(23(30)28-24)19(14-8-9-17(32-7-2)18(11-14)31-5)20-15(26-22)12-25(3,4)13-16(20)29/h6,8-9,11,19H,1,7,10,12-13H2,2-5H3,(H2,26,27,28,30). The van der Waals surface area contributed by atoms with Gasteiger partial charge in [0.2, 0.25) is 0 Å². The van der Waals surface area contributed by atoms with Crippen molar-refractivity contribution in [3.05, 3.63) is 63.6 Å². The van der Waals surface area contributed by atoms with Gasteiger partial charge in [-0.1, -0.05) is 37.8 Å². The molecule has 174 valence electrons. The zero-order valence-electron chi connectivity index (χ0n) is 19.4. The van der Waals surface area contributed by atoms with Gasteiger partial charge < -0.3 is 19.8 Å². The smallest absolute Gasteiger partial charge is 0.257 e. The number of carbonyl (C=O) groups is 1. The molecule has 0 saturated heterocycles. The fraction of sp³-hybridized carbons (Fsp3) is 0.400. The average Bonchev–Trinajstić information content (AvgIpc) is 2.76. The number of methoxy groups -OCH3 is 1. The van der Waals surface area contributed by atoms with Crippen molar-refractivity contribution in [1.82, 2.24) is 9.97 Å². The molecule has 1 aromatic heterocycles. The minimum absolute atomic E-state index is 0.0433. The quantitative estimate of drug-likeness (QED) is 0.348. The molecular weight excluding hydrogens is 438 g/mol. The van der Waals surface area contributed by atoms with Gasteiger partial charge in [0.25, 0.3) is 5.56 Å². The van der Waals surface area contributed by atoms with Gasteiger partial charge in [0.05, 0.1) is 19.3 Å². The van der Waals surface area contributed by atoms with Crippen molar-refractivity contribution in [1.29, 1.82) is 0 Å². The third-order valence-corrected chi connectivity index (χ3v) is 6.73. The molecule has 1 aliphatic heterocycles. The van der Waals surface area contributed by atoms with Crippen LogP contribution in [0.15, 0.2) is 52.1 Å². The van der Waals surface area contributed by atoms with Gasteiger partial charge in [0, 0.05) is 29.4 Å². The number of hydrogen-bond acceptors (Lipinski definition) is 7. The van der Waals surface area contributed by atoms with Gasteiger partial charge in [-0.2, -0.15) is 0 Å². The summed E-state index contributed by atoms with van der Waals surface area (Å²) in [6.45, 7) is 10.3. The maximum absolute atomic E-state index is 13.4. The van der Waals surface area contributed by atoms with E-state index in [1.54, 1.807) is 13.2 Å². The molecule has 1 atom stereocenters. The molecule has 0 amide bonds. The van der Waals surface area contributed by atoms with Crippen molar-refractivity contribution in [3.8, 4) is 11.5 Å². The van der Waals surface area contributed by atoms with Gasteiger partial charge in [-0.05, 0) is 36.5 Å². The van der Waals surface area contributed by atoms with Crippen molar-refractivity contribution in [3.63, 3.8) is 0 Å². The molecule has 2 aromatic rings. The minimum atomic E-state index is -0.542. The van der Waals surface area contributed by atoms with E-state index >= 15 is 0 Å². The lowest BCUT2D eigenvalue weighted by molar-refractivity contribution is -0.118. The van der Waals surface area contributed by atoms with Crippen LogP contribution in [0.4, 0.5) is 5.82 Å². The number of aromatic nitrogens is 2. The first-order valence-electron chi connectivity index (χ1n) is 11.0. The topological polar surface area (TPSA) is 93.3 Å². The zero-order valence-corrected chi connectivity index (χ0v) is 20.2. The summed E-state index contributed by atoms with van der Waals surface area (Å²) in [6.07, 6.45) is 2.88. The van der Waals surface area contributed by atoms with Crippen LogP contribution < -0.4 is 20.3 Å². The van der Waals surface area contributed by atoms with Crippen LogP contribution in [0.2, 0.25) is 0 Å². The van der Waals surface area contributed by atoms with Crippen LogP contribution in [-0.2, 0) is 4.79 Å². The molecule has 0 saturated carbocycles. The predicted octanol–water partition coefficient (Wildman–Crippen LogP) is 4.66. The molecule has 4 rings (SSSR count). The van der Waals surface area contributed by atoms with Gasteiger partial charge in [0.1, 0.15) is 5.82 Å². The highest BCUT2D eigenvalue weighted by molar-refractivity contribution is 7.99. The zero-order chi connectivity index (χ0) is 23.8. The lowest BCUT2D eigenvalue weighted by atomic mass is 9.69. The van der Waals surface area contributed by atoms with E-state index in [-0.39, 0.29) is 16.8 Å². The number of benzene rings is 1. The number of nitrogens with one attached hydrogen (secondary N) is 2. The third kappa shape index (κ3) is 4.44. The molecular formula is C25H29N3O4S. The van der Waals surface area contributed by atoms with Crippen LogP contribution >= 0.6 is 11.8 Å². The number of Topliss-reactive ketones (excluding diaryl/α,β-unsaturated/α-hetero) is 1.